The number of nitrogens with zero attached hydrogens (tertiary/aromatic N) is 2. The van der Waals surface area contributed by atoms with Crippen LogP contribution in [0.15, 0.2) is 18.5 Å². The van der Waals surface area contributed by atoms with Crippen LogP contribution in [-0.4, -0.2) is 17.4 Å². The predicted molar refractivity (Wildman–Crippen MR) is 50.8 cm³/mol. The Labute approximate surface area is 72.6 Å². The van der Waals surface area contributed by atoms with Gasteiger partial charge >= 0.3 is 0 Å². The standard InChI is InChI=1S/C9H9BN2/c1-6-5-12(2)9-8(6)7(10)3-4-11-9/h3-5H,1-2H3. The van der Waals surface area contributed by atoms with Crippen molar-refractivity contribution < 1.29 is 0 Å². The third-order valence-electron chi connectivity index (χ3n) is 2.08. The molecule has 2 aromatic heterocycles. The van der Waals surface area contributed by atoms with Crippen LogP contribution in [0, 0.1) is 6.92 Å². The van der Waals surface area contributed by atoms with Crippen LogP contribution in [0.5, 0.6) is 0 Å². The molecule has 3 heteroatoms. The number of hydrogen-bond acceptors (Lipinski definition) is 1. The van der Waals surface area contributed by atoms with Crippen molar-refractivity contribution >= 4 is 24.3 Å². The van der Waals surface area contributed by atoms with E-state index in [2.05, 4.69) is 4.98 Å². The van der Waals surface area contributed by atoms with Gasteiger partial charge in [-0.3, -0.25) is 0 Å². The summed E-state index contributed by atoms with van der Waals surface area (Å²) >= 11 is 0. The molecule has 2 nitrogen and oxygen atoms in total. The highest BCUT2D eigenvalue weighted by Gasteiger charge is 2.04. The third-order valence-corrected chi connectivity index (χ3v) is 2.08. The van der Waals surface area contributed by atoms with E-state index in [0.29, 0.717) is 0 Å². The lowest BCUT2D eigenvalue weighted by Crippen LogP contribution is -2.04. The molecular weight excluding hydrogens is 147 g/mol. The van der Waals surface area contributed by atoms with E-state index >= 15 is 0 Å². The topological polar surface area (TPSA) is 17.8 Å². The Morgan fingerprint density at radius 2 is 2.25 bits per heavy atom. The molecular formula is C9H9BN2. The lowest BCUT2D eigenvalue weighted by atomic mass is 9.93. The van der Waals surface area contributed by atoms with Crippen LogP contribution in [0.2, 0.25) is 0 Å². The van der Waals surface area contributed by atoms with Crippen LogP contribution >= 0.6 is 0 Å². The Kier molecular flexibility index (Phi) is 1.46. The second-order valence-electron chi connectivity index (χ2n) is 3.02. The molecule has 0 saturated carbocycles. The molecule has 2 rings (SSSR count). The summed E-state index contributed by atoms with van der Waals surface area (Å²) in [6, 6.07) is 1.83. The van der Waals surface area contributed by atoms with Gasteiger partial charge in [-0.05, 0) is 12.5 Å². The lowest BCUT2D eigenvalue weighted by molar-refractivity contribution is 0.944. The molecule has 0 aliphatic carbocycles. The Bertz CT molecular complexity index is 431. The summed E-state index contributed by atoms with van der Waals surface area (Å²) in [6.45, 7) is 2.04. The summed E-state index contributed by atoms with van der Waals surface area (Å²) in [7, 11) is 7.79. The van der Waals surface area contributed by atoms with Crippen LogP contribution in [0.4, 0.5) is 0 Å². The van der Waals surface area contributed by atoms with E-state index in [4.69, 9.17) is 7.85 Å². The van der Waals surface area contributed by atoms with E-state index in [1.54, 1.807) is 6.20 Å². The lowest BCUT2D eigenvalue weighted by Gasteiger charge is -1.97. The van der Waals surface area contributed by atoms with Crippen molar-refractivity contribution in [1.29, 1.82) is 0 Å². The van der Waals surface area contributed by atoms with Gasteiger partial charge in [0.05, 0.1) is 0 Å². The molecule has 2 heterocycles. The normalized spacial score (nSPS) is 10.8. The SMILES string of the molecule is [B]c1ccnc2c1c(C)cn2C. The van der Waals surface area contributed by atoms with E-state index < -0.39 is 0 Å². The zero-order chi connectivity index (χ0) is 8.72. The molecule has 0 aliphatic rings. The van der Waals surface area contributed by atoms with Crippen LogP contribution in [0.25, 0.3) is 11.0 Å². The van der Waals surface area contributed by atoms with Gasteiger partial charge in [-0.1, -0.05) is 11.5 Å². The van der Waals surface area contributed by atoms with Crippen molar-refractivity contribution in [1.82, 2.24) is 9.55 Å². The molecule has 0 spiro atoms. The predicted octanol–water partition coefficient (Wildman–Crippen LogP) is 0.676. The number of aryl methyl sites for hydroxylation is 2. The van der Waals surface area contributed by atoms with Crippen molar-refractivity contribution in [3.05, 3.63) is 24.0 Å². The fraction of sp³-hybridized carbons (Fsp3) is 0.222. The average molecular weight is 156 g/mol. The second-order valence-corrected chi connectivity index (χ2v) is 3.02. The van der Waals surface area contributed by atoms with E-state index in [-0.39, 0.29) is 0 Å². The Morgan fingerprint density at radius 3 is 2.92 bits per heavy atom. The van der Waals surface area contributed by atoms with Crippen molar-refractivity contribution in [2.45, 2.75) is 6.92 Å². The first-order valence-corrected chi connectivity index (χ1v) is 3.86. The quantitative estimate of drug-likeness (QED) is 0.512. The molecule has 0 bridgehead atoms. The Hall–Kier alpha value is -1.25. The third kappa shape index (κ3) is 0.859. The fourth-order valence-corrected chi connectivity index (χ4v) is 1.55. The molecule has 12 heavy (non-hydrogen) atoms. The molecule has 0 saturated heterocycles. The molecule has 0 atom stereocenters. The molecule has 0 N–H and O–H groups in total. The maximum absolute atomic E-state index is 5.82. The summed E-state index contributed by atoms with van der Waals surface area (Å²) in [5.41, 5.74) is 2.93. The smallest absolute Gasteiger partial charge is 0.139 e. The maximum atomic E-state index is 5.82. The number of rotatable bonds is 0. The Morgan fingerprint density at radius 1 is 1.50 bits per heavy atom. The average Bonchev–Trinajstić information content (AvgIpc) is 2.29. The minimum atomic E-state index is 0.804. The van der Waals surface area contributed by atoms with Gasteiger partial charge in [0.1, 0.15) is 13.5 Å². The molecule has 2 aromatic rings. The van der Waals surface area contributed by atoms with Crippen molar-refractivity contribution in [2.75, 3.05) is 0 Å². The summed E-state index contributed by atoms with van der Waals surface area (Å²) in [6.07, 6.45) is 3.77. The van der Waals surface area contributed by atoms with Crippen LogP contribution < -0.4 is 5.46 Å². The summed E-state index contributed by atoms with van der Waals surface area (Å²) in [5, 5.41) is 1.07. The first-order valence-electron chi connectivity index (χ1n) is 3.86. The highest BCUT2D eigenvalue weighted by Crippen LogP contribution is 2.14. The van der Waals surface area contributed by atoms with E-state index in [0.717, 1.165) is 16.5 Å². The highest BCUT2D eigenvalue weighted by molar-refractivity contribution is 6.38. The van der Waals surface area contributed by atoms with Gasteiger partial charge in [-0.2, -0.15) is 0 Å². The van der Waals surface area contributed by atoms with Gasteiger partial charge in [0.2, 0.25) is 0 Å². The molecule has 0 aromatic carbocycles. The minimum Gasteiger partial charge on any atom is -0.335 e. The van der Waals surface area contributed by atoms with Crippen molar-refractivity contribution in [3.63, 3.8) is 0 Å². The summed E-state index contributed by atoms with van der Waals surface area (Å²) in [5.74, 6) is 0. The zero-order valence-corrected chi connectivity index (χ0v) is 7.20. The monoisotopic (exact) mass is 156 g/mol. The molecule has 0 amide bonds. The van der Waals surface area contributed by atoms with E-state index in [1.165, 1.54) is 5.56 Å². The number of fused-ring (bicyclic) bond motifs is 1. The molecule has 2 radical (unpaired) electrons. The van der Waals surface area contributed by atoms with Gasteiger partial charge < -0.3 is 4.57 Å². The van der Waals surface area contributed by atoms with Crippen molar-refractivity contribution in [3.8, 4) is 0 Å². The molecule has 0 fully saturated rings. The second kappa shape index (κ2) is 2.37. The van der Waals surface area contributed by atoms with E-state index in [9.17, 15) is 0 Å². The zero-order valence-electron chi connectivity index (χ0n) is 7.20. The highest BCUT2D eigenvalue weighted by atomic mass is 15.0. The van der Waals surface area contributed by atoms with Gasteiger partial charge in [0.15, 0.2) is 0 Å². The molecule has 58 valence electrons. The maximum Gasteiger partial charge on any atom is 0.139 e. The first kappa shape index (κ1) is 7.41. The fourth-order valence-electron chi connectivity index (χ4n) is 1.55. The van der Waals surface area contributed by atoms with Crippen LogP contribution in [0.3, 0.4) is 0 Å². The van der Waals surface area contributed by atoms with Crippen LogP contribution in [-0.2, 0) is 7.05 Å². The Balaban J connectivity index is 2.99. The van der Waals surface area contributed by atoms with Gasteiger partial charge in [0.25, 0.3) is 0 Å². The van der Waals surface area contributed by atoms with E-state index in [1.807, 2.05) is 30.8 Å². The van der Waals surface area contributed by atoms with Crippen molar-refractivity contribution in [2.24, 2.45) is 7.05 Å². The van der Waals surface area contributed by atoms with Gasteiger partial charge in [-0.15, -0.1) is 0 Å². The molecule has 0 aliphatic heterocycles. The van der Waals surface area contributed by atoms with Gasteiger partial charge in [-0.25, -0.2) is 4.98 Å². The summed E-state index contributed by atoms with van der Waals surface area (Å²) < 4.78 is 1.99. The summed E-state index contributed by atoms with van der Waals surface area (Å²) in [4.78, 5) is 4.25. The van der Waals surface area contributed by atoms with Crippen LogP contribution in [0.1, 0.15) is 5.56 Å². The first-order chi connectivity index (χ1) is 5.70. The van der Waals surface area contributed by atoms with Gasteiger partial charge in [0, 0.05) is 24.8 Å². The largest absolute Gasteiger partial charge is 0.335 e. The number of pyridine rings is 1. The minimum absolute atomic E-state index is 0.804. The molecule has 0 unspecified atom stereocenters. The number of aromatic nitrogens is 2. The number of hydrogen-bond donors (Lipinski definition) is 0.